The number of fused-ring (bicyclic) bond motifs is 1. The minimum Gasteiger partial charge on any atom is -0.466 e. The number of thioether (sulfide) groups is 1. The number of aryl methyl sites for hydroxylation is 1. The minimum absolute atomic E-state index is 0.000784. The van der Waals surface area contributed by atoms with Crippen molar-refractivity contribution in [2.45, 2.75) is 25.0 Å². The fraction of sp³-hybridized carbons (Fsp3) is 0.353. The van der Waals surface area contributed by atoms with Gasteiger partial charge < -0.3 is 15.2 Å². The number of nitrogens with zero attached hydrogens (tertiary/aromatic N) is 1. The van der Waals surface area contributed by atoms with Crippen LogP contribution in [0, 0.1) is 6.92 Å². The summed E-state index contributed by atoms with van der Waals surface area (Å²) in [5.74, 6) is -2.32. The zero-order valence-electron chi connectivity index (χ0n) is 14.7. The Labute approximate surface area is 158 Å². The molecule has 0 aliphatic carbocycles. The summed E-state index contributed by atoms with van der Waals surface area (Å²) in [6, 6.07) is 1.90. The molecule has 2 atom stereocenters. The van der Waals surface area contributed by atoms with E-state index in [1.165, 1.54) is 42.2 Å². The highest BCUT2D eigenvalue weighted by atomic mass is 32.2. The van der Waals surface area contributed by atoms with E-state index in [0.717, 1.165) is 10.4 Å². The maximum atomic E-state index is 12.7. The second-order valence-corrected chi connectivity index (χ2v) is 8.11. The van der Waals surface area contributed by atoms with Crippen LogP contribution in [0.3, 0.4) is 0 Å². The third-order valence-electron chi connectivity index (χ3n) is 4.36. The molecule has 3 heterocycles. The van der Waals surface area contributed by atoms with Crippen molar-refractivity contribution in [1.29, 1.82) is 0 Å². The van der Waals surface area contributed by atoms with Crippen molar-refractivity contribution in [2.24, 2.45) is 5.73 Å². The van der Waals surface area contributed by atoms with Crippen LogP contribution in [0.25, 0.3) is 0 Å². The summed E-state index contributed by atoms with van der Waals surface area (Å²) in [4.78, 5) is 39.8. The van der Waals surface area contributed by atoms with Gasteiger partial charge in [-0.25, -0.2) is 9.59 Å². The average molecular weight is 394 g/mol. The summed E-state index contributed by atoms with van der Waals surface area (Å²) < 4.78 is 9.88. The Hall–Kier alpha value is -2.26. The van der Waals surface area contributed by atoms with Gasteiger partial charge >= 0.3 is 11.9 Å². The van der Waals surface area contributed by atoms with Crippen molar-refractivity contribution in [3.63, 3.8) is 0 Å². The smallest absolute Gasteiger partial charge is 0.338 e. The molecule has 2 N–H and O–H groups in total. The summed E-state index contributed by atoms with van der Waals surface area (Å²) in [5.41, 5.74) is 7.45. The van der Waals surface area contributed by atoms with Gasteiger partial charge in [-0.2, -0.15) is 0 Å². The Balaban J connectivity index is 2.34. The Morgan fingerprint density at radius 3 is 2.35 bits per heavy atom. The zero-order valence-corrected chi connectivity index (χ0v) is 16.3. The number of amides is 1. The van der Waals surface area contributed by atoms with E-state index in [4.69, 9.17) is 15.2 Å². The first-order valence-corrected chi connectivity index (χ1v) is 9.54. The van der Waals surface area contributed by atoms with E-state index in [1.54, 1.807) is 6.92 Å². The number of rotatable bonds is 3. The summed E-state index contributed by atoms with van der Waals surface area (Å²) in [6.45, 7) is 3.61. The molecule has 26 heavy (non-hydrogen) atoms. The van der Waals surface area contributed by atoms with E-state index < -0.39 is 23.1 Å². The molecule has 3 rings (SSSR count). The van der Waals surface area contributed by atoms with Crippen LogP contribution in [0.5, 0.6) is 0 Å². The molecule has 2 unspecified atom stereocenters. The molecule has 0 radical (unpaired) electrons. The lowest BCUT2D eigenvalue weighted by Gasteiger charge is -2.32. The van der Waals surface area contributed by atoms with E-state index in [2.05, 4.69) is 0 Å². The van der Waals surface area contributed by atoms with Gasteiger partial charge in [-0.1, -0.05) is 11.8 Å². The monoisotopic (exact) mass is 394 g/mol. The van der Waals surface area contributed by atoms with Crippen LogP contribution < -0.4 is 5.73 Å². The molecule has 2 aliphatic heterocycles. The van der Waals surface area contributed by atoms with E-state index in [-0.39, 0.29) is 22.9 Å². The van der Waals surface area contributed by atoms with Crippen molar-refractivity contribution in [3.05, 3.63) is 43.9 Å². The van der Waals surface area contributed by atoms with Crippen LogP contribution in [0.15, 0.2) is 33.4 Å². The number of methoxy groups -OCH3 is 2. The zero-order chi connectivity index (χ0) is 19.2. The van der Waals surface area contributed by atoms with Crippen LogP contribution >= 0.6 is 23.1 Å². The van der Waals surface area contributed by atoms with Crippen molar-refractivity contribution in [2.75, 3.05) is 14.2 Å². The summed E-state index contributed by atoms with van der Waals surface area (Å²) in [7, 11) is 2.50. The SMILES string of the molecule is COC(=O)C1=C(N)N2C(=O)C(C)SC2=C(C(=O)OC)C1c1sccc1C. The van der Waals surface area contributed by atoms with E-state index >= 15 is 0 Å². The number of hydrogen-bond acceptors (Lipinski definition) is 8. The van der Waals surface area contributed by atoms with E-state index in [0.29, 0.717) is 5.03 Å². The molecule has 1 aromatic heterocycles. The number of nitrogens with two attached hydrogens (primary N) is 1. The summed E-state index contributed by atoms with van der Waals surface area (Å²) in [6.07, 6.45) is 0. The Morgan fingerprint density at radius 2 is 1.81 bits per heavy atom. The lowest BCUT2D eigenvalue weighted by Crippen LogP contribution is -2.40. The highest BCUT2D eigenvalue weighted by Gasteiger charge is 2.49. The van der Waals surface area contributed by atoms with Crippen molar-refractivity contribution in [3.8, 4) is 0 Å². The number of carbonyl (C=O) groups is 3. The molecule has 138 valence electrons. The van der Waals surface area contributed by atoms with Gasteiger partial charge in [-0.3, -0.25) is 9.69 Å². The highest BCUT2D eigenvalue weighted by Crippen LogP contribution is 2.51. The Kier molecular flexibility index (Phi) is 4.85. The van der Waals surface area contributed by atoms with Gasteiger partial charge in [0.1, 0.15) is 5.82 Å². The molecular formula is C17H18N2O5S2. The first-order valence-electron chi connectivity index (χ1n) is 7.78. The van der Waals surface area contributed by atoms with Crippen molar-refractivity contribution >= 4 is 40.9 Å². The molecular weight excluding hydrogens is 376 g/mol. The predicted octanol–water partition coefficient (Wildman–Crippen LogP) is 1.85. The molecule has 1 amide bonds. The lowest BCUT2D eigenvalue weighted by molar-refractivity contribution is -0.137. The molecule has 1 aromatic rings. The third-order valence-corrected chi connectivity index (χ3v) is 6.62. The lowest BCUT2D eigenvalue weighted by atomic mass is 9.85. The quantitative estimate of drug-likeness (QED) is 0.781. The molecule has 0 spiro atoms. The second kappa shape index (κ2) is 6.81. The normalized spacial score (nSPS) is 22.6. The molecule has 0 saturated carbocycles. The van der Waals surface area contributed by atoms with Crippen molar-refractivity contribution < 1.29 is 23.9 Å². The molecule has 9 heteroatoms. The number of thiophene rings is 1. The topological polar surface area (TPSA) is 98.9 Å². The van der Waals surface area contributed by atoms with Crippen LogP contribution in [-0.4, -0.2) is 42.2 Å². The standard InChI is InChI=1S/C17H18N2O5S2/c1-7-5-6-25-12(7)9-10(16(21)23-3)13(18)19-14(20)8(2)26-15(19)11(9)17(22)24-4/h5-6,8-9H,18H2,1-4H3. The van der Waals surface area contributed by atoms with E-state index in [1.807, 2.05) is 18.4 Å². The van der Waals surface area contributed by atoms with E-state index in [9.17, 15) is 14.4 Å². The predicted molar refractivity (Wildman–Crippen MR) is 98.0 cm³/mol. The number of hydrogen-bond donors (Lipinski definition) is 1. The van der Waals surface area contributed by atoms with Gasteiger partial charge in [-0.05, 0) is 30.9 Å². The molecule has 0 bridgehead atoms. The van der Waals surface area contributed by atoms with Gasteiger partial charge in [0.05, 0.1) is 41.6 Å². The Bertz CT molecular complexity index is 870. The second-order valence-electron chi connectivity index (χ2n) is 5.84. The maximum absolute atomic E-state index is 12.7. The van der Waals surface area contributed by atoms with Crippen LogP contribution in [0.4, 0.5) is 0 Å². The summed E-state index contributed by atoms with van der Waals surface area (Å²) >= 11 is 2.64. The van der Waals surface area contributed by atoms with Crippen LogP contribution in [-0.2, 0) is 23.9 Å². The molecule has 0 aromatic carbocycles. The first kappa shape index (κ1) is 18.5. The average Bonchev–Trinajstić information content (AvgIpc) is 3.17. The van der Waals surface area contributed by atoms with Gasteiger partial charge in [0.15, 0.2) is 0 Å². The molecule has 1 saturated heterocycles. The third kappa shape index (κ3) is 2.62. The number of esters is 2. The fourth-order valence-corrected chi connectivity index (χ4v) is 5.30. The van der Waals surface area contributed by atoms with Gasteiger partial charge in [0, 0.05) is 4.88 Å². The summed E-state index contributed by atoms with van der Waals surface area (Å²) in [5, 5.41) is 1.86. The van der Waals surface area contributed by atoms with Crippen LogP contribution in [0.1, 0.15) is 23.3 Å². The highest BCUT2D eigenvalue weighted by molar-refractivity contribution is 8.04. The fourth-order valence-electron chi connectivity index (χ4n) is 3.09. The van der Waals surface area contributed by atoms with Gasteiger partial charge in [-0.15, -0.1) is 11.3 Å². The number of carbonyl (C=O) groups excluding carboxylic acids is 3. The Morgan fingerprint density at radius 1 is 1.19 bits per heavy atom. The first-order chi connectivity index (χ1) is 12.3. The molecule has 1 fully saturated rings. The van der Waals surface area contributed by atoms with Gasteiger partial charge in [0.25, 0.3) is 0 Å². The molecule has 7 nitrogen and oxygen atoms in total. The van der Waals surface area contributed by atoms with Crippen molar-refractivity contribution in [1.82, 2.24) is 4.90 Å². The number of ether oxygens (including phenoxy) is 2. The largest absolute Gasteiger partial charge is 0.466 e. The minimum atomic E-state index is -0.744. The van der Waals surface area contributed by atoms with Gasteiger partial charge in [0.2, 0.25) is 5.91 Å². The van der Waals surface area contributed by atoms with Crippen LogP contribution in [0.2, 0.25) is 0 Å². The maximum Gasteiger partial charge on any atom is 0.338 e. The molecule has 2 aliphatic rings.